The molecule has 0 unspecified atom stereocenters. The lowest BCUT2D eigenvalue weighted by atomic mass is 9.89. The number of thioether (sulfide) groups is 1. The van der Waals surface area contributed by atoms with Gasteiger partial charge in [-0.05, 0) is 37.7 Å². The Morgan fingerprint density at radius 3 is 2.96 bits per heavy atom. The number of urea groups is 1. The van der Waals surface area contributed by atoms with Gasteiger partial charge in [0.2, 0.25) is 5.91 Å². The molecule has 0 spiro atoms. The van der Waals surface area contributed by atoms with E-state index in [0.717, 1.165) is 36.6 Å². The number of fused-ring (bicyclic) bond motifs is 3. The lowest BCUT2D eigenvalue weighted by Gasteiger charge is -2.17. The minimum Gasteiger partial charge on any atom is -0.351 e. The fraction of sp³-hybridized carbons (Fsp3) is 0.467. The van der Waals surface area contributed by atoms with Crippen molar-refractivity contribution >= 4 is 45.3 Å². The van der Waals surface area contributed by atoms with E-state index in [0.29, 0.717) is 21.3 Å². The van der Waals surface area contributed by atoms with E-state index in [2.05, 4.69) is 16.9 Å². The van der Waals surface area contributed by atoms with Crippen molar-refractivity contribution in [3.8, 4) is 0 Å². The number of thiophene rings is 1. The Bertz CT molecular complexity index is 873. The number of nitrogens with one attached hydrogen (secondary N) is 2. The van der Waals surface area contributed by atoms with Gasteiger partial charge < -0.3 is 10.7 Å². The van der Waals surface area contributed by atoms with E-state index in [1.165, 1.54) is 4.88 Å². The fourth-order valence-electron chi connectivity index (χ4n) is 2.83. The molecular formula is C15H18N4O3S2. The SMILES string of the molecule is C[C@H]1CCc2c(sc3nc(S[C@H](C)C(=O)NC(N)=O)[nH]c(=O)c23)C1. The van der Waals surface area contributed by atoms with Crippen molar-refractivity contribution in [1.29, 1.82) is 0 Å². The molecule has 0 saturated heterocycles. The number of nitrogens with two attached hydrogens (primary N) is 1. The number of rotatable bonds is 3. The number of aromatic nitrogens is 2. The summed E-state index contributed by atoms with van der Waals surface area (Å²) in [6.45, 7) is 3.83. The first-order valence-electron chi connectivity index (χ1n) is 7.66. The van der Waals surface area contributed by atoms with Gasteiger partial charge >= 0.3 is 6.03 Å². The second-order valence-corrected chi connectivity index (χ2v) is 8.43. The molecule has 2 aromatic heterocycles. The highest BCUT2D eigenvalue weighted by molar-refractivity contribution is 8.00. The van der Waals surface area contributed by atoms with E-state index in [1.54, 1.807) is 18.3 Å². The second kappa shape index (κ2) is 6.56. The van der Waals surface area contributed by atoms with Gasteiger partial charge in [0.15, 0.2) is 5.16 Å². The number of H-pyrrole nitrogens is 1. The number of primary amides is 1. The van der Waals surface area contributed by atoms with Crippen LogP contribution in [0.5, 0.6) is 0 Å². The zero-order chi connectivity index (χ0) is 17.4. The number of aromatic amines is 1. The molecular weight excluding hydrogens is 348 g/mol. The zero-order valence-electron chi connectivity index (χ0n) is 13.3. The summed E-state index contributed by atoms with van der Waals surface area (Å²) in [6.07, 6.45) is 2.97. The van der Waals surface area contributed by atoms with Gasteiger partial charge in [0.1, 0.15) is 4.83 Å². The molecule has 128 valence electrons. The van der Waals surface area contributed by atoms with Gasteiger partial charge in [-0.15, -0.1) is 11.3 Å². The summed E-state index contributed by atoms with van der Waals surface area (Å²) in [5, 5.41) is 2.47. The topological polar surface area (TPSA) is 118 Å². The summed E-state index contributed by atoms with van der Waals surface area (Å²) >= 11 is 2.65. The van der Waals surface area contributed by atoms with Crippen LogP contribution in [0, 0.1) is 5.92 Å². The Kier molecular flexibility index (Phi) is 4.64. The van der Waals surface area contributed by atoms with Crippen molar-refractivity contribution in [3.05, 3.63) is 20.8 Å². The van der Waals surface area contributed by atoms with Gasteiger partial charge in [0.25, 0.3) is 5.56 Å². The molecule has 0 bridgehead atoms. The molecule has 4 N–H and O–H groups in total. The summed E-state index contributed by atoms with van der Waals surface area (Å²) in [5.74, 6) is 0.102. The molecule has 7 nitrogen and oxygen atoms in total. The van der Waals surface area contributed by atoms with Gasteiger partial charge in [0, 0.05) is 4.88 Å². The number of carbonyl (C=O) groups excluding carboxylic acids is 2. The number of aryl methyl sites for hydroxylation is 1. The van der Waals surface area contributed by atoms with Gasteiger partial charge in [0.05, 0.1) is 10.6 Å². The summed E-state index contributed by atoms with van der Waals surface area (Å²) in [6, 6.07) is -0.899. The van der Waals surface area contributed by atoms with Gasteiger partial charge in [-0.1, -0.05) is 18.7 Å². The highest BCUT2D eigenvalue weighted by Crippen LogP contribution is 2.36. The summed E-state index contributed by atoms with van der Waals surface area (Å²) < 4.78 is 0. The molecule has 2 aromatic rings. The molecule has 3 rings (SSSR count). The molecule has 0 aromatic carbocycles. The van der Waals surface area contributed by atoms with Crippen LogP contribution in [-0.4, -0.2) is 27.2 Å². The van der Waals surface area contributed by atoms with Crippen LogP contribution in [0.25, 0.3) is 10.2 Å². The number of amides is 3. The summed E-state index contributed by atoms with van der Waals surface area (Å²) in [7, 11) is 0. The van der Waals surface area contributed by atoms with Crippen molar-refractivity contribution in [2.24, 2.45) is 11.7 Å². The Balaban J connectivity index is 1.90. The van der Waals surface area contributed by atoms with Crippen LogP contribution in [0.2, 0.25) is 0 Å². The third-order valence-corrected chi connectivity index (χ3v) is 6.18. The number of hydrogen-bond acceptors (Lipinski definition) is 6. The molecule has 9 heteroatoms. The quantitative estimate of drug-likeness (QED) is 0.565. The maximum atomic E-state index is 12.5. The third-order valence-electron chi connectivity index (χ3n) is 4.05. The molecule has 0 aliphatic heterocycles. The average Bonchev–Trinajstić information content (AvgIpc) is 2.83. The minimum absolute atomic E-state index is 0.169. The van der Waals surface area contributed by atoms with E-state index in [1.807, 2.05) is 5.32 Å². The third kappa shape index (κ3) is 3.32. The van der Waals surface area contributed by atoms with Crippen LogP contribution >= 0.6 is 23.1 Å². The van der Waals surface area contributed by atoms with Crippen molar-refractivity contribution < 1.29 is 9.59 Å². The lowest BCUT2D eigenvalue weighted by molar-refractivity contribution is -0.119. The van der Waals surface area contributed by atoms with Crippen molar-refractivity contribution in [2.45, 2.75) is 43.5 Å². The van der Waals surface area contributed by atoms with Crippen LogP contribution < -0.4 is 16.6 Å². The Hall–Kier alpha value is -1.87. The molecule has 1 aliphatic carbocycles. The van der Waals surface area contributed by atoms with Crippen LogP contribution in [-0.2, 0) is 17.6 Å². The van der Waals surface area contributed by atoms with E-state index in [4.69, 9.17) is 5.73 Å². The molecule has 0 radical (unpaired) electrons. The average molecular weight is 366 g/mol. The van der Waals surface area contributed by atoms with Crippen molar-refractivity contribution in [1.82, 2.24) is 15.3 Å². The Morgan fingerprint density at radius 1 is 1.50 bits per heavy atom. The van der Waals surface area contributed by atoms with Gasteiger partial charge in [-0.25, -0.2) is 9.78 Å². The van der Waals surface area contributed by atoms with E-state index in [-0.39, 0.29) is 5.56 Å². The molecule has 2 heterocycles. The molecule has 0 fully saturated rings. The molecule has 3 amide bonds. The molecule has 1 aliphatic rings. The molecule has 24 heavy (non-hydrogen) atoms. The fourth-order valence-corrected chi connectivity index (χ4v) is 5.07. The van der Waals surface area contributed by atoms with Gasteiger partial charge in [-0.2, -0.15) is 0 Å². The maximum Gasteiger partial charge on any atom is 0.318 e. The summed E-state index contributed by atoms with van der Waals surface area (Å²) in [4.78, 5) is 44.2. The predicted octanol–water partition coefficient (Wildman–Crippen LogP) is 1.78. The normalized spacial score (nSPS) is 18.2. The first-order chi connectivity index (χ1) is 11.3. The van der Waals surface area contributed by atoms with Crippen molar-refractivity contribution in [3.63, 3.8) is 0 Å². The molecule has 0 saturated carbocycles. The van der Waals surface area contributed by atoms with Gasteiger partial charge in [-0.3, -0.25) is 14.9 Å². The number of nitrogens with zero attached hydrogens (tertiary/aromatic N) is 1. The smallest absolute Gasteiger partial charge is 0.318 e. The minimum atomic E-state index is -0.899. The van der Waals surface area contributed by atoms with Crippen LogP contribution in [0.15, 0.2) is 9.95 Å². The van der Waals surface area contributed by atoms with Crippen LogP contribution in [0.4, 0.5) is 4.79 Å². The molecule has 2 atom stereocenters. The highest BCUT2D eigenvalue weighted by Gasteiger charge is 2.24. The van der Waals surface area contributed by atoms with Crippen LogP contribution in [0.1, 0.15) is 30.7 Å². The Labute approximate surface area is 146 Å². The standard InChI is InChI=1S/C15H18N4O3S2/c1-6-3-4-8-9(5-6)24-13-10(8)12(21)18-15(19-13)23-7(2)11(20)17-14(16)22/h6-7H,3-5H2,1-2H3,(H,18,19,21)(H3,16,17,20,22)/t6-,7+/m0/s1. The van der Waals surface area contributed by atoms with Crippen molar-refractivity contribution in [2.75, 3.05) is 0 Å². The largest absolute Gasteiger partial charge is 0.351 e. The van der Waals surface area contributed by atoms with E-state index in [9.17, 15) is 14.4 Å². The number of imide groups is 1. The van der Waals surface area contributed by atoms with E-state index >= 15 is 0 Å². The highest BCUT2D eigenvalue weighted by atomic mass is 32.2. The monoisotopic (exact) mass is 366 g/mol. The first-order valence-corrected chi connectivity index (χ1v) is 9.36. The summed E-state index contributed by atoms with van der Waals surface area (Å²) in [5.41, 5.74) is 5.89. The van der Waals surface area contributed by atoms with E-state index < -0.39 is 17.2 Å². The predicted molar refractivity (Wildman–Crippen MR) is 94.5 cm³/mol. The maximum absolute atomic E-state index is 12.5. The number of carbonyl (C=O) groups is 2. The Morgan fingerprint density at radius 2 is 2.25 bits per heavy atom. The number of hydrogen-bond donors (Lipinski definition) is 3. The van der Waals surface area contributed by atoms with Crippen LogP contribution in [0.3, 0.4) is 0 Å². The first kappa shape index (κ1) is 17.0. The second-order valence-electron chi connectivity index (χ2n) is 6.02. The lowest BCUT2D eigenvalue weighted by Crippen LogP contribution is -2.39. The zero-order valence-corrected chi connectivity index (χ0v) is 15.0.